The second-order valence-electron chi connectivity index (χ2n) is 10.5. The molecule has 4 aromatic rings. The van der Waals surface area contributed by atoms with E-state index in [-0.39, 0.29) is 11.9 Å². The first-order valence-corrected chi connectivity index (χ1v) is 13.4. The van der Waals surface area contributed by atoms with Crippen LogP contribution >= 0.6 is 0 Å². The summed E-state index contributed by atoms with van der Waals surface area (Å²) in [5.74, 6) is 0.713. The lowest BCUT2D eigenvalue weighted by Gasteiger charge is -2.35. The van der Waals surface area contributed by atoms with E-state index >= 15 is 0 Å². The van der Waals surface area contributed by atoms with E-state index in [1.165, 1.54) is 34.9 Å². The molecule has 0 spiro atoms. The van der Waals surface area contributed by atoms with Gasteiger partial charge >= 0.3 is 0 Å². The number of aromatic amines is 2. The first-order valence-electron chi connectivity index (χ1n) is 13.4. The molecule has 2 N–H and O–H groups in total. The maximum Gasteiger partial charge on any atom is 0.270 e. The van der Waals surface area contributed by atoms with Crippen LogP contribution in [0.2, 0.25) is 0 Å². The van der Waals surface area contributed by atoms with Gasteiger partial charge in [0.25, 0.3) is 5.91 Å². The number of fused-ring (bicyclic) bond motifs is 2. The predicted octanol–water partition coefficient (Wildman–Crippen LogP) is 5.46. The van der Waals surface area contributed by atoms with Gasteiger partial charge in [-0.3, -0.25) is 4.79 Å². The maximum absolute atomic E-state index is 13.6. The molecule has 36 heavy (non-hydrogen) atoms. The van der Waals surface area contributed by atoms with Gasteiger partial charge in [0.15, 0.2) is 0 Å². The average molecular weight is 485 g/mol. The normalized spacial score (nSPS) is 20.2. The number of aromatic nitrogens is 2. The first-order chi connectivity index (χ1) is 17.7. The topological polar surface area (TPSA) is 64.4 Å². The zero-order chi connectivity index (χ0) is 24.5. The Morgan fingerprint density at radius 1 is 1.00 bits per heavy atom. The van der Waals surface area contributed by atoms with Gasteiger partial charge in [0, 0.05) is 53.7 Å². The van der Waals surface area contributed by atoms with Gasteiger partial charge in [0.1, 0.15) is 5.69 Å². The Morgan fingerprint density at radius 2 is 1.86 bits per heavy atom. The Hall–Kier alpha value is -3.09. The second-order valence-corrected chi connectivity index (χ2v) is 10.5. The molecular weight excluding hydrogens is 448 g/mol. The van der Waals surface area contributed by atoms with E-state index in [0.717, 1.165) is 50.0 Å². The predicted molar refractivity (Wildman–Crippen MR) is 145 cm³/mol. The number of hydrogen-bond donors (Lipinski definition) is 2. The van der Waals surface area contributed by atoms with Crippen LogP contribution < -0.4 is 0 Å². The smallest absolute Gasteiger partial charge is 0.270 e. The Morgan fingerprint density at radius 3 is 2.75 bits per heavy atom. The number of nitrogens with one attached hydrogen (secondary N) is 2. The number of aryl methyl sites for hydroxylation is 1. The summed E-state index contributed by atoms with van der Waals surface area (Å²) in [6.07, 6.45) is 6.48. The van der Waals surface area contributed by atoms with Crippen LogP contribution in [0.3, 0.4) is 0 Å². The monoisotopic (exact) mass is 484 g/mol. The summed E-state index contributed by atoms with van der Waals surface area (Å²) in [6, 6.07) is 17.1. The molecule has 0 saturated carbocycles. The molecule has 0 aliphatic carbocycles. The number of carbonyl (C=O) groups excluding carboxylic acids is 1. The van der Waals surface area contributed by atoms with E-state index in [9.17, 15) is 4.79 Å². The summed E-state index contributed by atoms with van der Waals surface area (Å²) < 4.78 is 5.78. The van der Waals surface area contributed by atoms with Crippen molar-refractivity contribution in [2.45, 2.75) is 44.6 Å². The zero-order valence-electron chi connectivity index (χ0n) is 21.1. The molecule has 2 aliphatic rings. The van der Waals surface area contributed by atoms with Crippen LogP contribution in [-0.4, -0.2) is 71.1 Å². The van der Waals surface area contributed by atoms with Crippen molar-refractivity contribution < 1.29 is 9.53 Å². The van der Waals surface area contributed by atoms with Gasteiger partial charge < -0.3 is 24.5 Å². The summed E-state index contributed by atoms with van der Waals surface area (Å²) in [6.45, 7) is 7.32. The van der Waals surface area contributed by atoms with Gasteiger partial charge in [0.2, 0.25) is 0 Å². The number of para-hydroxylation sites is 1. The molecule has 2 aromatic heterocycles. The molecule has 2 aliphatic heterocycles. The lowest BCUT2D eigenvalue weighted by atomic mass is 9.89. The Kier molecular flexibility index (Phi) is 6.55. The van der Waals surface area contributed by atoms with Gasteiger partial charge in [-0.2, -0.15) is 0 Å². The van der Waals surface area contributed by atoms with Crippen molar-refractivity contribution in [2.75, 3.05) is 39.4 Å². The van der Waals surface area contributed by atoms with Crippen molar-refractivity contribution in [3.63, 3.8) is 0 Å². The molecule has 1 atom stereocenters. The molecule has 0 radical (unpaired) electrons. The van der Waals surface area contributed by atoms with Crippen molar-refractivity contribution in [2.24, 2.45) is 0 Å². The van der Waals surface area contributed by atoms with Crippen molar-refractivity contribution in [3.05, 3.63) is 71.5 Å². The standard InChI is InChI=1S/C30H36N4O2/c1-21-6-7-23-19-29(32-28(23)18-21)30(35)34-15-17-36-16-11-24(34)10-14-33-12-8-22(9-13-33)26-20-31-27-5-3-2-4-25(26)27/h2-7,18-20,22,24,31-32H,8-17H2,1H3. The highest BCUT2D eigenvalue weighted by Gasteiger charge is 2.29. The molecule has 1 unspecified atom stereocenters. The molecule has 188 valence electrons. The van der Waals surface area contributed by atoms with Crippen LogP contribution in [0, 0.1) is 6.92 Å². The fourth-order valence-electron chi connectivity index (χ4n) is 6.13. The minimum atomic E-state index is 0.0948. The number of rotatable bonds is 5. The summed E-state index contributed by atoms with van der Waals surface area (Å²) >= 11 is 0. The molecule has 1 amide bonds. The second kappa shape index (κ2) is 10.1. The molecule has 6 rings (SSSR count). The summed E-state index contributed by atoms with van der Waals surface area (Å²) in [5, 5.41) is 2.46. The molecule has 4 heterocycles. The van der Waals surface area contributed by atoms with Crippen LogP contribution in [0.5, 0.6) is 0 Å². The zero-order valence-corrected chi connectivity index (χ0v) is 21.1. The van der Waals surface area contributed by atoms with E-state index < -0.39 is 0 Å². The van der Waals surface area contributed by atoms with Crippen LogP contribution in [0.15, 0.2) is 54.7 Å². The van der Waals surface area contributed by atoms with E-state index in [0.29, 0.717) is 24.8 Å². The molecule has 2 aromatic carbocycles. The van der Waals surface area contributed by atoms with Crippen LogP contribution in [0.25, 0.3) is 21.8 Å². The number of amides is 1. The molecule has 2 saturated heterocycles. The van der Waals surface area contributed by atoms with Crippen molar-refractivity contribution in [1.82, 2.24) is 19.8 Å². The largest absolute Gasteiger partial charge is 0.380 e. The SMILES string of the molecule is Cc1ccc2cc(C(=O)N3CCOCCC3CCN3CCC(c4c[nH]c5ccccc45)CC3)[nH]c2c1. The fourth-order valence-corrected chi connectivity index (χ4v) is 6.13. The number of ether oxygens (including phenoxy) is 1. The molecule has 0 bridgehead atoms. The quantitative estimate of drug-likeness (QED) is 0.395. The summed E-state index contributed by atoms with van der Waals surface area (Å²) in [7, 11) is 0. The van der Waals surface area contributed by atoms with Gasteiger partial charge in [-0.05, 0) is 80.9 Å². The lowest BCUT2D eigenvalue weighted by molar-refractivity contribution is 0.0645. The molecule has 6 heteroatoms. The van der Waals surface area contributed by atoms with Gasteiger partial charge in [-0.25, -0.2) is 0 Å². The third-order valence-corrected chi connectivity index (χ3v) is 8.21. The van der Waals surface area contributed by atoms with E-state index in [1.54, 1.807) is 0 Å². The minimum Gasteiger partial charge on any atom is -0.380 e. The third kappa shape index (κ3) is 4.67. The van der Waals surface area contributed by atoms with Crippen LogP contribution in [0.4, 0.5) is 0 Å². The lowest BCUT2D eigenvalue weighted by Crippen LogP contribution is -2.43. The highest BCUT2D eigenvalue weighted by molar-refractivity contribution is 5.98. The fraction of sp³-hybridized carbons (Fsp3) is 0.433. The van der Waals surface area contributed by atoms with Gasteiger partial charge in [-0.15, -0.1) is 0 Å². The minimum absolute atomic E-state index is 0.0948. The molecule has 2 fully saturated rings. The summed E-state index contributed by atoms with van der Waals surface area (Å²) in [5.41, 5.74) is 5.61. The first kappa shape index (κ1) is 23.3. The van der Waals surface area contributed by atoms with Gasteiger partial charge in [-0.1, -0.05) is 30.3 Å². The molecular formula is C30H36N4O2. The number of piperidine rings is 1. The van der Waals surface area contributed by atoms with E-state index in [1.807, 2.05) is 6.07 Å². The Bertz CT molecular complexity index is 1350. The number of likely N-dealkylation sites (tertiary alicyclic amines) is 1. The third-order valence-electron chi connectivity index (χ3n) is 8.21. The number of H-pyrrole nitrogens is 2. The van der Waals surface area contributed by atoms with Gasteiger partial charge in [0.05, 0.1) is 6.61 Å². The van der Waals surface area contributed by atoms with E-state index in [4.69, 9.17) is 4.74 Å². The van der Waals surface area contributed by atoms with E-state index in [2.05, 4.69) is 75.4 Å². The van der Waals surface area contributed by atoms with Crippen LogP contribution in [0.1, 0.15) is 53.2 Å². The van der Waals surface area contributed by atoms with Crippen molar-refractivity contribution in [3.8, 4) is 0 Å². The van der Waals surface area contributed by atoms with Crippen molar-refractivity contribution in [1.29, 1.82) is 0 Å². The Labute approximate surface area is 212 Å². The maximum atomic E-state index is 13.6. The molecule has 6 nitrogen and oxygen atoms in total. The highest BCUT2D eigenvalue weighted by Crippen LogP contribution is 2.33. The number of hydrogen-bond acceptors (Lipinski definition) is 3. The number of nitrogens with zero attached hydrogens (tertiary/aromatic N) is 2. The average Bonchev–Trinajstić information content (AvgIpc) is 3.45. The van der Waals surface area contributed by atoms with Crippen LogP contribution in [-0.2, 0) is 4.74 Å². The van der Waals surface area contributed by atoms with Crippen molar-refractivity contribution >= 4 is 27.7 Å². The highest BCUT2D eigenvalue weighted by atomic mass is 16.5. The Balaban J connectivity index is 1.09. The number of carbonyl (C=O) groups is 1. The number of benzene rings is 2. The summed E-state index contributed by atoms with van der Waals surface area (Å²) in [4.78, 5) is 25.0.